The zero-order valence-electron chi connectivity index (χ0n) is 13.8. The van der Waals surface area contributed by atoms with Crippen molar-refractivity contribution in [3.05, 3.63) is 63.5 Å². The van der Waals surface area contributed by atoms with Gasteiger partial charge < -0.3 is 5.32 Å². The quantitative estimate of drug-likeness (QED) is 0.737. The molecule has 0 saturated carbocycles. The lowest BCUT2D eigenvalue weighted by Gasteiger charge is -2.05. The largest absolute Gasteiger partial charge is 0.308 e. The first-order valence-electron chi connectivity index (χ1n) is 7.69. The predicted octanol–water partition coefficient (Wildman–Crippen LogP) is 3.69. The van der Waals surface area contributed by atoms with Crippen LogP contribution in [-0.2, 0) is 17.9 Å². The molecule has 1 amide bonds. The van der Waals surface area contributed by atoms with E-state index in [1.54, 1.807) is 13.1 Å². The Kier molecular flexibility index (Phi) is 5.11. The number of amides is 1. The van der Waals surface area contributed by atoms with E-state index in [-0.39, 0.29) is 12.5 Å². The lowest BCUT2D eigenvalue weighted by atomic mass is 10.2. The number of aromatic nitrogens is 4. The van der Waals surface area contributed by atoms with E-state index < -0.39 is 0 Å². The fourth-order valence-electron chi connectivity index (χ4n) is 2.40. The molecule has 0 spiro atoms. The minimum Gasteiger partial charge on any atom is -0.308 e. The molecule has 3 rings (SSSR count). The molecule has 0 atom stereocenters. The van der Waals surface area contributed by atoms with Gasteiger partial charge in [-0.05, 0) is 31.5 Å². The average molecular weight is 378 g/mol. The lowest BCUT2D eigenvalue weighted by Crippen LogP contribution is -2.19. The summed E-state index contributed by atoms with van der Waals surface area (Å²) < 4.78 is 3.33. The monoisotopic (exact) mass is 377 g/mol. The molecular weight excluding hydrogens is 361 g/mol. The van der Waals surface area contributed by atoms with Crippen LogP contribution in [0, 0.1) is 13.8 Å². The average Bonchev–Trinajstić information content (AvgIpc) is 3.03. The molecule has 2 heterocycles. The molecule has 0 aliphatic rings. The van der Waals surface area contributed by atoms with Gasteiger partial charge in [-0.2, -0.15) is 10.2 Å². The van der Waals surface area contributed by atoms with Gasteiger partial charge in [0.1, 0.15) is 6.54 Å². The highest BCUT2D eigenvalue weighted by atomic mass is 35.5. The molecule has 8 heteroatoms. The summed E-state index contributed by atoms with van der Waals surface area (Å²) in [5.74, 6) is 0.293. The Hall–Kier alpha value is -2.31. The van der Waals surface area contributed by atoms with E-state index in [0.29, 0.717) is 28.1 Å². The van der Waals surface area contributed by atoms with Crippen LogP contribution in [0.3, 0.4) is 0 Å². The second-order valence-corrected chi connectivity index (χ2v) is 6.61. The minimum atomic E-state index is -0.213. The predicted molar refractivity (Wildman–Crippen MR) is 98.1 cm³/mol. The highest BCUT2D eigenvalue weighted by molar-refractivity contribution is 6.31. The topological polar surface area (TPSA) is 64.7 Å². The van der Waals surface area contributed by atoms with Crippen LogP contribution in [0.5, 0.6) is 0 Å². The third-order valence-corrected chi connectivity index (χ3v) is 4.31. The minimum absolute atomic E-state index is 0.0800. The first-order valence-corrected chi connectivity index (χ1v) is 8.44. The zero-order chi connectivity index (χ0) is 18.0. The molecule has 0 bridgehead atoms. The molecule has 130 valence electrons. The van der Waals surface area contributed by atoms with Crippen molar-refractivity contribution in [2.24, 2.45) is 0 Å². The smallest absolute Gasteiger partial charge is 0.247 e. The molecule has 0 radical (unpaired) electrons. The van der Waals surface area contributed by atoms with Crippen LogP contribution in [0.4, 0.5) is 5.82 Å². The van der Waals surface area contributed by atoms with Gasteiger partial charge in [-0.3, -0.25) is 14.2 Å². The molecule has 1 aromatic carbocycles. The van der Waals surface area contributed by atoms with Gasteiger partial charge in [-0.1, -0.05) is 35.3 Å². The van der Waals surface area contributed by atoms with Gasteiger partial charge in [0.2, 0.25) is 5.91 Å². The maximum Gasteiger partial charge on any atom is 0.247 e. The molecule has 0 unspecified atom stereocenters. The number of hydrogen-bond acceptors (Lipinski definition) is 3. The van der Waals surface area contributed by atoms with Crippen molar-refractivity contribution >= 4 is 34.9 Å². The maximum atomic E-state index is 12.1. The standard InChI is InChI=1S/C17H17Cl2N5O/c1-11-7-16(20-17(25)10-23-9-15(19)12(2)21-23)22-24(11)8-13-3-5-14(18)6-4-13/h3-7,9H,8,10H2,1-2H3,(H,20,22,25). The molecule has 3 aromatic rings. The first-order chi connectivity index (χ1) is 11.9. The van der Waals surface area contributed by atoms with Crippen LogP contribution in [0.15, 0.2) is 36.5 Å². The summed E-state index contributed by atoms with van der Waals surface area (Å²) in [5, 5.41) is 12.6. The lowest BCUT2D eigenvalue weighted by molar-refractivity contribution is -0.116. The van der Waals surface area contributed by atoms with Crippen molar-refractivity contribution in [2.45, 2.75) is 26.9 Å². The van der Waals surface area contributed by atoms with Crippen molar-refractivity contribution in [2.75, 3.05) is 5.32 Å². The van der Waals surface area contributed by atoms with Gasteiger partial charge in [0.05, 0.1) is 17.3 Å². The maximum absolute atomic E-state index is 12.1. The van der Waals surface area contributed by atoms with Crippen LogP contribution in [0.1, 0.15) is 17.0 Å². The summed E-state index contributed by atoms with van der Waals surface area (Å²) in [5.41, 5.74) is 2.72. The Morgan fingerprint density at radius 3 is 2.52 bits per heavy atom. The van der Waals surface area contributed by atoms with Crippen molar-refractivity contribution < 1.29 is 4.79 Å². The van der Waals surface area contributed by atoms with Crippen LogP contribution in [0.25, 0.3) is 0 Å². The fraction of sp³-hybridized carbons (Fsp3) is 0.235. The van der Waals surface area contributed by atoms with Gasteiger partial charge in [0.25, 0.3) is 0 Å². The number of hydrogen-bond donors (Lipinski definition) is 1. The molecule has 0 aliphatic carbocycles. The van der Waals surface area contributed by atoms with Crippen LogP contribution >= 0.6 is 23.2 Å². The summed E-state index contributed by atoms with van der Waals surface area (Å²) in [6.07, 6.45) is 1.63. The summed E-state index contributed by atoms with van der Waals surface area (Å²) >= 11 is 11.8. The summed E-state index contributed by atoms with van der Waals surface area (Å²) in [4.78, 5) is 12.1. The Morgan fingerprint density at radius 1 is 1.16 bits per heavy atom. The molecule has 1 N–H and O–H groups in total. The van der Waals surface area contributed by atoms with Gasteiger partial charge >= 0.3 is 0 Å². The number of carbonyl (C=O) groups excluding carboxylic acids is 1. The van der Waals surface area contributed by atoms with E-state index in [2.05, 4.69) is 15.5 Å². The number of nitrogens with one attached hydrogen (secondary N) is 1. The van der Waals surface area contributed by atoms with Crippen molar-refractivity contribution in [3.63, 3.8) is 0 Å². The van der Waals surface area contributed by atoms with Gasteiger partial charge in [0.15, 0.2) is 5.82 Å². The number of carbonyl (C=O) groups is 1. The second kappa shape index (κ2) is 7.29. The molecule has 0 aliphatic heterocycles. The fourth-order valence-corrected chi connectivity index (χ4v) is 2.67. The first kappa shape index (κ1) is 17.5. The van der Waals surface area contributed by atoms with E-state index in [4.69, 9.17) is 23.2 Å². The number of aryl methyl sites for hydroxylation is 2. The molecule has 2 aromatic heterocycles. The van der Waals surface area contributed by atoms with E-state index in [9.17, 15) is 4.79 Å². The Morgan fingerprint density at radius 2 is 1.88 bits per heavy atom. The molecule has 0 fully saturated rings. The van der Waals surface area contributed by atoms with Crippen molar-refractivity contribution in [1.82, 2.24) is 19.6 Å². The van der Waals surface area contributed by atoms with Gasteiger partial charge in [-0.25, -0.2) is 0 Å². The molecule has 0 saturated heterocycles. The number of halogens is 2. The van der Waals surface area contributed by atoms with E-state index in [1.165, 1.54) is 4.68 Å². The normalized spacial score (nSPS) is 10.9. The highest BCUT2D eigenvalue weighted by Crippen LogP contribution is 2.15. The highest BCUT2D eigenvalue weighted by Gasteiger charge is 2.11. The van der Waals surface area contributed by atoms with E-state index in [0.717, 1.165) is 11.3 Å². The summed E-state index contributed by atoms with van der Waals surface area (Å²) in [6, 6.07) is 9.41. The molecule has 25 heavy (non-hydrogen) atoms. The molecule has 6 nitrogen and oxygen atoms in total. The number of rotatable bonds is 5. The van der Waals surface area contributed by atoms with Crippen molar-refractivity contribution in [3.8, 4) is 0 Å². The third kappa shape index (κ3) is 4.41. The zero-order valence-corrected chi connectivity index (χ0v) is 15.3. The van der Waals surface area contributed by atoms with Crippen LogP contribution in [0.2, 0.25) is 10.0 Å². The van der Waals surface area contributed by atoms with E-state index >= 15 is 0 Å². The third-order valence-electron chi connectivity index (χ3n) is 3.69. The second-order valence-electron chi connectivity index (χ2n) is 5.76. The SMILES string of the molecule is Cc1nn(CC(=O)Nc2cc(C)n(Cc3ccc(Cl)cc3)n2)cc1Cl. The van der Waals surface area contributed by atoms with Crippen LogP contribution in [-0.4, -0.2) is 25.5 Å². The summed E-state index contributed by atoms with van der Waals surface area (Å²) in [7, 11) is 0. The Balaban J connectivity index is 1.65. The number of nitrogens with zero attached hydrogens (tertiary/aromatic N) is 4. The van der Waals surface area contributed by atoms with Gasteiger partial charge in [0, 0.05) is 23.0 Å². The van der Waals surface area contributed by atoms with Crippen LogP contribution < -0.4 is 5.32 Å². The summed E-state index contributed by atoms with van der Waals surface area (Å²) in [6.45, 7) is 4.41. The molecular formula is C17H17Cl2N5O. The number of benzene rings is 1. The number of anilines is 1. The Bertz CT molecular complexity index is 879. The van der Waals surface area contributed by atoms with E-state index in [1.807, 2.05) is 41.9 Å². The van der Waals surface area contributed by atoms with Gasteiger partial charge in [-0.15, -0.1) is 0 Å². The Labute approximate surface area is 155 Å². The van der Waals surface area contributed by atoms with Crippen molar-refractivity contribution in [1.29, 1.82) is 0 Å².